The van der Waals surface area contributed by atoms with Crippen LogP contribution in [0.2, 0.25) is 0 Å². The maximum atomic E-state index is 13.5. The highest BCUT2D eigenvalue weighted by molar-refractivity contribution is 6.02. The van der Waals surface area contributed by atoms with E-state index in [1.165, 1.54) is 0 Å². The molecule has 0 aliphatic carbocycles. The number of carbonyl (C=O) groups excluding carboxylic acids is 7. The van der Waals surface area contributed by atoms with E-state index in [1.54, 1.807) is 0 Å². The number of aliphatic hydroxyl groups is 2. The van der Waals surface area contributed by atoms with Crippen LogP contribution in [0, 0.1) is 0 Å². The molecule has 0 bridgehead atoms. The van der Waals surface area contributed by atoms with E-state index in [0.29, 0.717) is 25.6 Å². The van der Waals surface area contributed by atoms with Crippen LogP contribution in [0.15, 0.2) is 16.9 Å². The molecule has 22 heteroatoms. The number of nitrogens with one attached hydrogen (secondary N) is 8. The molecule has 2 aliphatic rings. The van der Waals surface area contributed by atoms with Crippen molar-refractivity contribution in [3.05, 3.63) is 11.9 Å². The van der Waals surface area contributed by atoms with E-state index in [1.807, 2.05) is 5.32 Å². The van der Waals surface area contributed by atoms with Gasteiger partial charge in [0.1, 0.15) is 29.9 Å². The van der Waals surface area contributed by atoms with Gasteiger partial charge in [-0.2, -0.15) is 0 Å². The van der Waals surface area contributed by atoms with Crippen molar-refractivity contribution in [2.75, 3.05) is 32.8 Å². The average molecular weight is 670 g/mol. The molecule has 0 radical (unpaired) electrons. The summed E-state index contributed by atoms with van der Waals surface area (Å²) < 4.78 is 0. The third-order valence-corrected chi connectivity index (χ3v) is 6.88. The summed E-state index contributed by atoms with van der Waals surface area (Å²) in [6.45, 7) is -2.06. The summed E-state index contributed by atoms with van der Waals surface area (Å²) in [4.78, 5) is 94.2. The molecule has 6 atom stereocenters. The van der Waals surface area contributed by atoms with Gasteiger partial charge in [-0.15, -0.1) is 0 Å². The molecule has 6 unspecified atom stereocenters. The van der Waals surface area contributed by atoms with Gasteiger partial charge in [-0.3, -0.25) is 33.8 Å². The van der Waals surface area contributed by atoms with E-state index in [4.69, 9.17) is 22.9 Å². The molecule has 262 valence electrons. The largest absolute Gasteiger partial charge is 0.394 e. The SMILES string of the molecule is NCCCC(N)CC(=O)NC1CNC(=O)C(C2CCN=C(N)N2)NC(=O)/C(=C/NC(N)=O)NC(=O)C(CO)NC(=O)C(CO)NC1=O. The molecule has 0 aromatic rings. The molecule has 0 aromatic carbocycles. The van der Waals surface area contributed by atoms with E-state index in [9.17, 15) is 43.8 Å². The van der Waals surface area contributed by atoms with Gasteiger partial charge in [0, 0.05) is 31.8 Å². The average Bonchev–Trinajstić information content (AvgIpc) is 3.02. The van der Waals surface area contributed by atoms with Crippen molar-refractivity contribution < 1.29 is 43.8 Å². The number of carbonyl (C=O) groups is 7. The summed E-state index contributed by atoms with van der Waals surface area (Å²) in [7, 11) is 0. The van der Waals surface area contributed by atoms with Gasteiger partial charge in [-0.25, -0.2) is 4.79 Å². The molecule has 2 heterocycles. The standard InChI is InChI=1S/C25H43N13O9/c26-4-1-2-11(27)6-17(41)33-13-7-31-23(46)18(12-3-5-30-24(28)37-12)38-20(43)14(8-32-25(29)47)34-21(44)15(9-39)36-22(45)16(10-40)35-19(13)42/h8,11-13,15-16,18,39-40H,1-7,9-10,26-27H2,(H,31,46)(H,33,41)(H,34,44)(H,35,42)(H,36,45)(H,38,43)(H3,28,30,37)(H3,29,32,47)/b14-8-. The van der Waals surface area contributed by atoms with Crippen molar-refractivity contribution in [3.63, 3.8) is 0 Å². The molecule has 8 amide bonds. The van der Waals surface area contributed by atoms with E-state index in [-0.39, 0.29) is 25.3 Å². The zero-order valence-electron chi connectivity index (χ0n) is 25.4. The predicted octanol–water partition coefficient (Wildman–Crippen LogP) is -8.20. The second kappa shape index (κ2) is 18.8. The van der Waals surface area contributed by atoms with Crippen molar-refractivity contribution in [2.45, 2.75) is 61.9 Å². The van der Waals surface area contributed by atoms with E-state index >= 15 is 0 Å². The first-order chi connectivity index (χ1) is 22.3. The molecule has 0 aromatic heterocycles. The second-order valence-corrected chi connectivity index (χ2v) is 10.6. The van der Waals surface area contributed by atoms with Crippen molar-refractivity contribution in [3.8, 4) is 0 Å². The zero-order valence-corrected chi connectivity index (χ0v) is 25.4. The van der Waals surface area contributed by atoms with Crippen LogP contribution in [0.25, 0.3) is 0 Å². The van der Waals surface area contributed by atoms with Gasteiger partial charge in [0.15, 0.2) is 5.96 Å². The summed E-state index contributed by atoms with van der Waals surface area (Å²) >= 11 is 0. The normalized spacial score (nSPS) is 26.3. The molecule has 1 saturated heterocycles. The highest BCUT2D eigenvalue weighted by Gasteiger charge is 2.35. The number of hydrogen-bond acceptors (Lipinski definition) is 14. The van der Waals surface area contributed by atoms with Crippen LogP contribution in [-0.4, -0.2) is 127 Å². The number of guanidine groups is 1. The molecule has 2 aliphatic heterocycles. The van der Waals surface area contributed by atoms with Gasteiger partial charge in [-0.05, 0) is 25.8 Å². The Balaban J connectivity index is 2.51. The van der Waals surface area contributed by atoms with Crippen LogP contribution in [0.1, 0.15) is 25.7 Å². The summed E-state index contributed by atoms with van der Waals surface area (Å²) in [5.74, 6) is -6.06. The van der Waals surface area contributed by atoms with E-state index in [2.05, 4.69) is 42.2 Å². The number of rotatable bonds is 10. The predicted molar refractivity (Wildman–Crippen MR) is 163 cm³/mol. The first-order valence-electron chi connectivity index (χ1n) is 14.6. The maximum absolute atomic E-state index is 13.5. The molecule has 1 fully saturated rings. The topological polar surface area (TPSA) is 373 Å². The molecule has 18 N–H and O–H groups in total. The first-order valence-corrected chi connectivity index (χ1v) is 14.6. The fraction of sp³-hybridized carbons (Fsp3) is 0.600. The van der Waals surface area contributed by atoms with Crippen molar-refractivity contribution in [2.24, 2.45) is 27.9 Å². The van der Waals surface area contributed by atoms with Gasteiger partial charge in [0.25, 0.3) is 5.91 Å². The van der Waals surface area contributed by atoms with E-state index < -0.39 is 103 Å². The maximum Gasteiger partial charge on any atom is 0.316 e. The molecule has 47 heavy (non-hydrogen) atoms. The Morgan fingerprint density at radius 3 is 2.26 bits per heavy atom. The van der Waals surface area contributed by atoms with E-state index in [0.717, 1.165) is 0 Å². The molecule has 2 rings (SSSR count). The Morgan fingerprint density at radius 2 is 1.64 bits per heavy atom. The third-order valence-electron chi connectivity index (χ3n) is 6.88. The van der Waals surface area contributed by atoms with Crippen LogP contribution in [0.3, 0.4) is 0 Å². The fourth-order valence-corrected chi connectivity index (χ4v) is 4.40. The molecule has 0 saturated carbocycles. The lowest BCUT2D eigenvalue weighted by atomic mass is 10.0. The number of nitrogens with zero attached hydrogens (tertiary/aromatic N) is 1. The minimum Gasteiger partial charge on any atom is -0.394 e. The summed E-state index contributed by atoms with van der Waals surface area (Å²) in [6.07, 6.45) is 1.64. The quantitative estimate of drug-likeness (QED) is 0.0962. The fourth-order valence-electron chi connectivity index (χ4n) is 4.40. The number of urea groups is 1. The number of nitrogens with two attached hydrogens (primary N) is 4. The highest BCUT2D eigenvalue weighted by Crippen LogP contribution is 2.07. The molecular weight excluding hydrogens is 626 g/mol. The zero-order chi connectivity index (χ0) is 35.1. The highest BCUT2D eigenvalue weighted by atomic mass is 16.3. The smallest absolute Gasteiger partial charge is 0.316 e. The number of aliphatic imine (C=N–C) groups is 1. The number of primary amides is 1. The minimum absolute atomic E-state index is 0.0398. The molecule has 0 spiro atoms. The van der Waals surface area contributed by atoms with Crippen molar-refractivity contribution >= 4 is 47.4 Å². The first kappa shape index (κ1) is 38.1. The van der Waals surface area contributed by atoms with Crippen LogP contribution in [0.5, 0.6) is 0 Å². The Labute approximate surface area is 268 Å². The van der Waals surface area contributed by atoms with Gasteiger partial charge < -0.3 is 75.7 Å². The number of amides is 8. The van der Waals surface area contributed by atoms with Crippen molar-refractivity contribution in [1.82, 2.24) is 42.5 Å². The van der Waals surface area contributed by atoms with Crippen LogP contribution in [-0.2, 0) is 28.8 Å². The van der Waals surface area contributed by atoms with Gasteiger partial charge >= 0.3 is 6.03 Å². The second-order valence-electron chi connectivity index (χ2n) is 10.6. The molecule has 22 nitrogen and oxygen atoms in total. The van der Waals surface area contributed by atoms with Gasteiger partial charge in [-0.1, -0.05) is 0 Å². The van der Waals surface area contributed by atoms with Crippen molar-refractivity contribution in [1.29, 1.82) is 0 Å². The molecular formula is C25H43N13O9. The minimum atomic E-state index is -1.74. The van der Waals surface area contributed by atoms with Crippen LogP contribution in [0.4, 0.5) is 4.79 Å². The summed E-state index contributed by atoms with van der Waals surface area (Å²) in [5, 5.41) is 38.2. The Bertz CT molecular complexity index is 1240. The lowest BCUT2D eigenvalue weighted by Crippen LogP contribution is -2.64. The lowest BCUT2D eigenvalue weighted by Gasteiger charge is -2.31. The van der Waals surface area contributed by atoms with Crippen LogP contribution >= 0.6 is 0 Å². The lowest BCUT2D eigenvalue weighted by molar-refractivity contribution is -0.135. The monoisotopic (exact) mass is 669 g/mol. The number of aliphatic hydroxyl groups excluding tert-OH is 2. The summed E-state index contributed by atoms with van der Waals surface area (Å²) in [6, 6.07) is -9.03. The Hall–Kier alpha value is -5.06. The van der Waals surface area contributed by atoms with Gasteiger partial charge in [0.05, 0.1) is 19.3 Å². The van der Waals surface area contributed by atoms with Gasteiger partial charge in [0.2, 0.25) is 29.5 Å². The third kappa shape index (κ3) is 12.3. The Morgan fingerprint density at radius 1 is 0.979 bits per heavy atom. The van der Waals surface area contributed by atoms with Crippen LogP contribution < -0.4 is 65.5 Å². The Kier molecular flexibility index (Phi) is 15.2. The number of hydrogen-bond donors (Lipinski definition) is 14. The summed E-state index contributed by atoms with van der Waals surface area (Å²) in [5.41, 5.74) is 21.7.